The van der Waals surface area contributed by atoms with Gasteiger partial charge in [-0.2, -0.15) is 0 Å². The Morgan fingerprint density at radius 1 is 1.20 bits per heavy atom. The van der Waals surface area contributed by atoms with Gasteiger partial charge in [0.05, 0.1) is 0 Å². The van der Waals surface area contributed by atoms with E-state index in [0.29, 0.717) is 6.42 Å². The molecule has 1 aromatic rings. The lowest BCUT2D eigenvalue weighted by Crippen LogP contribution is -2.43. The number of rotatable bonds is 6. The Hall–Kier alpha value is -0.870. The molecule has 0 radical (unpaired) electrons. The van der Waals surface area contributed by atoms with Crippen LogP contribution in [0.3, 0.4) is 0 Å². The van der Waals surface area contributed by atoms with E-state index in [0.717, 1.165) is 49.7 Å². The highest BCUT2D eigenvalue weighted by Gasteiger charge is 2.37. The summed E-state index contributed by atoms with van der Waals surface area (Å²) in [6.07, 6.45) is 4.10. The molecule has 4 heteroatoms. The molecular weight excluding hydrogens is 318 g/mol. The number of carbonyl (C=O) groups is 1. The summed E-state index contributed by atoms with van der Waals surface area (Å²) < 4.78 is 5.92. The SMILES string of the molecule is O=C(CCCCBr)OC1(c2ccccc2)CCNCC1. The normalized spacial score (nSPS) is 17.6. The van der Waals surface area contributed by atoms with Crippen molar-refractivity contribution in [2.45, 2.75) is 37.7 Å². The van der Waals surface area contributed by atoms with Gasteiger partial charge in [-0.05, 0) is 31.5 Å². The first-order valence-corrected chi connectivity index (χ1v) is 8.43. The maximum Gasteiger partial charge on any atom is 0.306 e. The third kappa shape index (κ3) is 4.06. The van der Waals surface area contributed by atoms with Gasteiger partial charge >= 0.3 is 5.97 Å². The summed E-state index contributed by atoms with van der Waals surface area (Å²) >= 11 is 3.38. The van der Waals surface area contributed by atoms with Crippen LogP contribution in [0.5, 0.6) is 0 Å². The summed E-state index contributed by atoms with van der Waals surface area (Å²) in [6, 6.07) is 10.2. The Kier molecular flexibility index (Phi) is 6.05. The summed E-state index contributed by atoms with van der Waals surface area (Å²) in [5.41, 5.74) is 0.688. The predicted octanol–water partition coefficient (Wildman–Crippen LogP) is 3.37. The summed E-state index contributed by atoms with van der Waals surface area (Å²) in [4.78, 5) is 12.1. The van der Waals surface area contributed by atoms with E-state index in [1.807, 2.05) is 18.2 Å². The fourth-order valence-electron chi connectivity index (χ4n) is 2.65. The number of esters is 1. The van der Waals surface area contributed by atoms with Crippen molar-refractivity contribution in [1.82, 2.24) is 5.32 Å². The second-order valence-electron chi connectivity index (χ2n) is 5.23. The molecule has 1 N–H and O–H groups in total. The molecule has 1 fully saturated rings. The van der Waals surface area contributed by atoms with Crippen molar-refractivity contribution in [2.24, 2.45) is 0 Å². The Morgan fingerprint density at radius 2 is 1.90 bits per heavy atom. The van der Waals surface area contributed by atoms with E-state index in [1.165, 1.54) is 0 Å². The number of nitrogens with one attached hydrogen (secondary N) is 1. The Morgan fingerprint density at radius 3 is 2.55 bits per heavy atom. The highest BCUT2D eigenvalue weighted by atomic mass is 79.9. The first-order valence-electron chi connectivity index (χ1n) is 7.31. The zero-order valence-corrected chi connectivity index (χ0v) is 13.3. The lowest BCUT2D eigenvalue weighted by molar-refractivity contribution is -0.164. The molecule has 1 heterocycles. The van der Waals surface area contributed by atoms with Gasteiger partial charge < -0.3 is 10.1 Å². The lowest BCUT2D eigenvalue weighted by Gasteiger charge is -2.37. The topological polar surface area (TPSA) is 38.3 Å². The number of hydrogen-bond acceptors (Lipinski definition) is 3. The second kappa shape index (κ2) is 7.79. The molecule has 0 amide bonds. The van der Waals surface area contributed by atoms with Crippen LogP contribution in [-0.4, -0.2) is 24.4 Å². The highest BCUT2D eigenvalue weighted by Crippen LogP contribution is 2.35. The van der Waals surface area contributed by atoms with Gasteiger partial charge in [-0.3, -0.25) is 4.79 Å². The number of ether oxygens (including phenoxy) is 1. The average molecular weight is 340 g/mol. The molecule has 2 rings (SSSR count). The van der Waals surface area contributed by atoms with E-state index in [1.54, 1.807) is 0 Å². The average Bonchev–Trinajstić information content (AvgIpc) is 2.49. The van der Waals surface area contributed by atoms with Crippen LogP contribution in [-0.2, 0) is 15.1 Å². The van der Waals surface area contributed by atoms with Crippen LogP contribution in [0.4, 0.5) is 0 Å². The number of alkyl halides is 1. The summed E-state index contributed by atoms with van der Waals surface area (Å²) in [7, 11) is 0. The van der Waals surface area contributed by atoms with Gasteiger partial charge in [-0.25, -0.2) is 0 Å². The molecule has 1 aliphatic heterocycles. The minimum Gasteiger partial charge on any atom is -0.454 e. The van der Waals surface area contributed by atoms with Crippen LogP contribution < -0.4 is 5.32 Å². The number of benzene rings is 1. The highest BCUT2D eigenvalue weighted by molar-refractivity contribution is 9.09. The van der Waals surface area contributed by atoms with Gasteiger partial charge in [-0.1, -0.05) is 46.3 Å². The number of hydrogen-bond donors (Lipinski definition) is 1. The van der Waals surface area contributed by atoms with E-state index in [4.69, 9.17) is 4.74 Å². The van der Waals surface area contributed by atoms with E-state index in [2.05, 4.69) is 33.4 Å². The molecule has 0 aliphatic carbocycles. The molecule has 1 aromatic carbocycles. The quantitative estimate of drug-likeness (QED) is 0.490. The summed E-state index contributed by atoms with van der Waals surface area (Å²) in [5, 5.41) is 4.28. The van der Waals surface area contributed by atoms with Crippen molar-refractivity contribution in [2.75, 3.05) is 18.4 Å². The van der Waals surface area contributed by atoms with Crippen molar-refractivity contribution in [3.63, 3.8) is 0 Å². The van der Waals surface area contributed by atoms with Gasteiger partial charge in [0.15, 0.2) is 0 Å². The standard InChI is InChI=1S/C16H22BrNO2/c17-11-5-4-8-15(19)20-16(9-12-18-13-10-16)14-6-2-1-3-7-14/h1-3,6-7,18H,4-5,8-13H2. The zero-order valence-electron chi connectivity index (χ0n) is 11.7. The first kappa shape index (κ1) is 15.5. The molecule has 1 aliphatic rings. The minimum atomic E-state index is -0.433. The van der Waals surface area contributed by atoms with Gasteiger partial charge in [0.1, 0.15) is 5.60 Å². The van der Waals surface area contributed by atoms with Gasteiger partial charge in [-0.15, -0.1) is 0 Å². The van der Waals surface area contributed by atoms with Crippen molar-refractivity contribution in [3.05, 3.63) is 35.9 Å². The first-order chi connectivity index (χ1) is 9.77. The van der Waals surface area contributed by atoms with E-state index < -0.39 is 5.60 Å². The molecule has 110 valence electrons. The van der Waals surface area contributed by atoms with Crippen LogP contribution in [0.1, 0.15) is 37.7 Å². The maximum absolute atomic E-state index is 12.1. The molecular formula is C16H22BrNO2. The Labute approximate surface area is 129 Å². The third-order valence-electron chi connectivity index (χ3n) is 3.78. The van der Waals surface area contributed by atoms with Crippen LogP contribution in [0.15, 0.2) is 30.3 Å². The van der Waals surface area contributed by atoms with Crippen molar-refractivity contribution >= 4 is 21.9 Å². The Bertz CT molecular complexity index is 416. The summed E-state index contributed by atoms with van der Waals surface area (Å²) in [5.74, 6) is -0.0725. The van der Waals surface area contributed by atoms with Gasteiger partial charge in [0, 0.05) is 24.6 Å². The van der Waals surface area contributed by atoms with E-state index >= 15 is 0 Å². The van der Waals surface area contributed by atoms with Crippen LogP contribution in [0.2, 0.25) is 0 Å². The van der Waals surface area contributed by atoms with Crippen molar-refractivity contribution in [3.8, 4) is 0 Å². The number of piperidine rings is 1. The molecule has 20 heavy (non-hydrogen) atoms. The van der Waals surface area contributed by atoms with Crippen LogP contribution in [0, 0.1) is 0 Å². The molecule has 1 saturated heterocycles. The third-order valence-corrected chi connectivity index (χ3v) is 4.35. The fourth-order valence-corrected chi connectivity index (χ4v) is 3.05. The molecule has 3 nitrogen and oxygen atoms in total. The summed E-state index contributed by atoms with van der Waals surface area (Å²) in [6.45, 7) is 1.78. The maximum atomic E-state index is 12.1. The van der Waals surface area contributed by atoms with Crippen LogP contribution in [0.25, 0.3) is 0 Å². The number of carbonyl (C=O) groups excluding carboxylic acids is 1. The monoisotopic (exact) mass is 339 g/mol. The van der Waals surface area contributed by atoms with E-state index in [9.17, 15) is 4.79 Å². The smallest absolute Gasteiger partial charge is 0.306 e. The number of unbranched alkanes of at least 4 members (excludes halogenated alkanes) is 1. The van der Waals surface area contributed by atoms with E-state index in [-0.39, 0.29) is 5.97 Å². The predicted molar refractivity (Wildman–Crippen MR) is 84.0 cm³/mol. The van der Waals surface area contributed by atoms with Crippen molar-refractivity contribution in [1.29, 1.82) is 0 Å². The Balaban J connectivity index is 2.06. The zero-order chi connectivity index (χ0) is 14.3. The molecule has 0 atom stereocenters. The molecule has 0 aromatic heterocycles. The second-order valence-corrected chi connectivity index (χ2v) is 6.02. The molecule has 0 spiro atoms. The van der Waals surface area contributed by atoms with Gasteiger partial charge in [0.2, 0.25) is 0 Å². The lowest BCUT2D eigenvalue weighted by atomic mass is 9.84. The molecule has 0 bridgehead atoms. The van der Waals surface area contributed by atoms with Crippen molar-refractivity contribution < 1.29 is 9.53 Å². The van der Waals surface area contributed by atoms with Crippen LogP contribution >= 0.6 is 15.9 Å². The van der Waals surface area contributed by atoms with Gasteiger partial charge in [0.25, 0.3) is 0 Å². The molecule has 0 unspecified atom stereocenters. The largest absolute Gasteiger partial charge is 0.454 e. The molecule has 0 saturated carbocycles. The number of halogens is 1. The fraction of sp³-hybridized carbons (Fsp3) is 0.562. The minimum absolute atomic E-state index is 0.0725.